The first-order chi connectivity index (χ1) is 10.3. The van der Waals surface area contributed by atoms with Gasteiger partial charge in [-0.05, 0) is 24.3 Å². The van der Waals surface area contributed by atoms with Gasteiger partial charge in [-0.25, -0.2) is 14.4 Å². The molecule has 5 nitrogen and oxygen atoms in total. The summed E-state index contributed by atoms with van der Waals surface area (Å²) in [5.41, 5.74) is 1.92. The number of carbonyl (C=O) groups excluding carboxylic acids is 1. The standard InChI is InChI=1S/C14H9FN2O3S/c15-10-3-1-9(2-4-10)13-12(16-7-20-13)14-17-11(6-21-14)5-19-8-18/h1-4,6-8H,5H2. The number of carbonyl (C=O) groups is 1. The van der Waals surface area contributed by atoms with Crippen molar-refractivity contribution in [3.05, 3.63) is 47.6 Å². The maximum atomic E-state index is 13.0. The second kappa shape index (κ2) is 5.84. The highest BCUT2D eigenvalue weighted by atomic mass is 32.1. The lowest BCUT2D eigenvalue weighted by Gasteiger charge is -1.98. The van der Waals surface area contributed by atoms with Gasteiger partial charge in [-0.3, -0.25) is 4.79 Å². The number of nitrogens with zero attached hydrogens (tertiary/aromatic N) is 2. The van der Waals surface area contributed by atoms with Gasteiger partial charge in [-0.15, -0.1) is 11.3 Å². The minimum atomic E-state index is -0.317. The smallest absolute Gasteiger partial charge is 0.293 e. The van der Waals surface area contributed by atoms with E-state index in [0.29, 0.717) is 34.2 Å². The van der Waals surface area contributed by atoms with Gasteiger partial charge in [0.1, 0.15) is 23.1 Å². The highest BCUT2D eigenvalue weighted by Gasteiger charge is 2.16. The van der Waals surface area contributed by atoms with Crippen LogP contribution in [0.15, 0.2) is 40.5 Å². The van der Waals surface area contributed by atoms with Gasteiger partial charge in [0.25, 0.3) is 6.47 Å². The molecule has 1 aromatic carbocycles. The second-order valence-corrected chi connectivity index (χ2v) is 4.95. The van der Waals surface area contributed by atoms with E-state index in [2.05, 4.69) is 14.7 Å². The Hall–Kier alpha value is -2.54. The molecule has 0 N–H and O–H groups in total. The summed E-state index contributed by atoms with van der Waals surface area (Å²) in [6, 6.07) is 5.94. The van der Waals surface area contributed by atoms with Crippen LogP contribution in [-0.4, -0.2) is 16.4 Å². The first-order valence-corrected chi connectivity index (χ1v) is 6.85. The van der Waals surface area contributed by atoms with Crippen LogP contribution in [-0.2, 0) is 16.1 Å². The third kappa shape index (κ3) is 2.82. The van der Waals surface area contributed by atoms with E-state index < -0.39 is 0 Å². The molecule has 0 saturated heterocycles. The van der Waals surface area contributed by atoms with Crippen LogP contribution in [0.3, 0.4) is 0 Å². The molecule has 3 rings (SSSR count). The third-order valence-electron chi connectivity index (χ3n) is 2.73. The summed E-state index contributed by atoms with van der Waals surface area (Å²) in [6.07, 6.45) is 1.32. The molecular formula is C14H9FN2O3S. The lowest BCUT2D eigenvalue weighted by Crippen LogP contribution is -1.90. The Labute approximate surface area is 123 Å². The molecule has 0 atom stereocenters. The summed E-state index contributed by atoms with van der Waals surface area (Å²) in [4.78, 5) is 18.7. The van der Waals surface area contributed by atoms with Crippen molar-refractivity contribution >= 4 is 17.8 Å². The molecule has 0 unspecified atom stereocenters. The SMILES string of the molecule is O=COCc1csc(-c2ncoc2-c2ccc(F)cc2)n1. The normalized spacial score (nSPS) is 10.5. The van der Waals surface area contributed by atoms with Crippen molar-refractivity contribution in [1.29, 1.82) is 0 Å². The van der Waals surface area contributed by atoms with Crippen LogP contribution in [0.4, 0.5) is 4.39 Å². The van der Waals surface area contributed by atoms with Crippen molar-refractivity contribution < 1.29 is 18.3 Å². The Bertz CT molecular complexity index is 752. The zero-order chi connectivity index (χ0) is 14.7. The Morgan fingerprint density at radius 3 is 2.90 bits per heavy atom. The third-order valence-corrected chi connectivity index (χ3v) is 3.63. The van der Waals surface area contributed by atoms with Gasteiger partial charge >= 0.3 is 0 Å². The second-order valence-electron chi connectivity index (χ2n) is 4.09. The van der Waals surface area contributed by atoms with E-state index in [1.165, 1.54) is 29.9 Å². The first kappa shape index (κ1) is 13.4. The van der Waals surface area contributed by atoms with Crippen LogP contribution in [0.2, 0.25) is 0 Å². The number of hydrogen-bond donors (Lipinski definition) is 0. The van der Waals surface area contributed by atoms with Gasteiger partial charge in [-0.1, -0.05) is 0 Å². The molecule has 0 amide bonds. The van der Waals surface area contributed by atoms with E-state index in [1.54, 1.807) is 17.5 Å². The van der Waals surface area contributed by atoms with Gasteiger partial charge in [0.05, 0.1) is 5.69 Å². The number of hydrogen-bond acceptors (Lipinski definition) is 6. The maximum absolute atomic E-state index is 13.0. The fraction of sp³-hybridized carbons (Fsp3) is 0.0714. The molecule has 0 aliphatic heterocycles. The Kier molecular flexibility index (Phi) is 3.74. The van der Waals surface area contributed by atoms with Crippen LogP contribution in [0, 0.1) is 5.82 Å². The van der Waals surface area contributed by atoms with Gasteiger partial charge < -0.3 is 9.15 Å². The van der Waals surface area contributed by atoms with Gasteiger partial charge in [0, 0.05) is 10.9 Å². The van der Waals surface area contributed by atoms with Gasteiger partial charge in [0.2, 0.25) is 0 Å². The fourth-order valence-corrected chi connectivity index (χ4v) is 2.60. The Morgan fingerprint density at radius 2 is 2.14 bits per heavy atom. The summed E-state index contributed by atoms with van der Waals surface area (Å²) in [7, 11) is 0. The molecule has 7 heteroatoms. The number of aromatic nitrogens is 2. The maximum Gasteiger partial charge on any atom is 0.293 e. The molecule has 0 aliphatic rings. The van der Waals surface area contributed by atoms with E-state index in [0.717, 1.165) is 0 Å². The van der Waals surface area contributed by atoms with Crippen molar-refractivity contribution in [3.8, 4) is 22.0 Å². The van der Waals surface area contributed by atoms with E-state index in [9.17, 15) is 9.18 Å². The zero-order valence-corrected chi connectivity index (χ0v) is 11.5. The van der Waals surface area contributed by atoms with Crippen LogP contribution in [0.5, 0.6) is 0 Å². The topological polar surface area (TPSA) is 65.2 Å². The molecule has 0 aliphatic carbocycles. The van der Waals surface area contributed by atoms with Crippen LogP contribution in [0.25, 0.3) is 22.0 Å². The molecule has 106 valence electrons. The Balaban J connectivity index is 1.93. The lowest BCUT2D eigenvalue weighted by molar-refractivity contribution is -0.129. The van der Waals surface area contributed by atoms with E-state index in [4.69, 9.17) is 4.42 Å². The molecular weight excluding hydrogens is 295 g/mol. The van der Waals surface area contributed by atoms with Crippen molar-refractivity contribution in [3.63, 3.8) is 0 Å². The summed E-state index contributed by atoms with van der Waals surface area (Å²) in [5, 5.41) is 2.43. The van der Waals surface area contributed by atoms with Gasteiger partial charge in [-0.2, -0.15) is 0 Å². The lowest BCUT2D eigenvalue weighted by atomic mass is 10.1. The molecule has 0 saturated carbocycles. The monoisotopic (exact) mass is 304 g/mol. The van der Waals surface area contributed by atoms with E-state index >= 15 is 0 Å². The number of oxazole rings is 1. The molecule has 2 aromatic heterocycles. The number of halogens is 1. The van der Waals surface area contributed by atoms with Crippen molar-refractivity contribution in [2.45, 2.75) is 6.61 Å². The molecule has 0 spiro atoms. The molecule has 0 radical (unpaired) electrons. The van der Waals surface area contributed by atoms with Crippen LogP contribution in [0.1, 0.15) is 5.69 Å². The highest BCUT2D eigenvalue weighted by Crippen LogP contribution is 2.32. The average molecular weight is 304 g/mol. The first-order valence-electron chi connectivity index (χ1n) is 5.97. The van der Waals surface area contributed by atoms with Gasteiger partial charge in [0.15, 0.2) is 12.2 Å². The summed E-state index contributed by atoms with van der Waals surface area (Å²) in [5.74, 6) is 0.203. The summed E-state index contributed by atoms with van der Waals surface area (Å²) < 4.78 is 23.0. The van der Waals surface area contributed by atoms with Crippen LogP contribution >= 0.6 is 11.3 Å². The van der Waals surface area contributed by atoms with Crippen LogP contribution < -0.4 is 0 Å². The minimum absolute atomic E-state index is 0.115. The average Bonchev–Trinajstić information content (AvgIpc) is 3.14. The van der Waals surface area contributed by atoms with Crippen molar-refractivity contribution in [1.82, 2.24) is 9.97 Å². The minimum Gasteiger partial charge on any atom is -0.461 e. The quantitative estimate of drug-likeness (QED) is 0.677. The molecule has 0 fully saturated rings. The molecule has 3 aromatic rings. The Morgan fingerprint density at radius 1 is 1.33 bits per heavy atom. The number of thiazole rings is 1. The van der Waals surface area contributed by atoms with Crippen molar-refractivity contribution in [2.75, 3.05) is 0 Å². The zero-order valence-electron chi connectivity index (χ0n) is 10.7. The van der Waals surface area contributed by atoms with E-state index in [1.807, 2.05) is 0 Å². The van der Waals surface area contributed by atoms with Crippen molar-refractivity contribution in [2.24, 2.45) is 0 Å². The largest absolute Gasteiger partial charge is 0.461 e. The number of rotatable bonds is 5. The molecule has 2 heterocycles. The predicted octanol–water partition coefficient (Wildman–Crippen LogP) is 3.28. The summed E-state index contributed by atoms with van der Waals surface area (Å²) >= 11 is 1.37. The van der Waals surface area contributed by atoms with E-state index in [-0.39, 0.29) is 12.4 Å². The number of ether oxygens (including phenoxy) is 1. The predicted molar refractivity (Wildman–Crippen MR) is 73.9 cm³/mol. The highest BCUT2D eigenvalue weighted by molar-refractivity contribution is 7.13. The molecule has 0 bridgehead atoms. The fourth-order valence-electron chi connectivity index (χ4n) is 1.81. The number of benzene rings is 1. The molecule has 21 heavy (non-hydrogen) atoms. The summed E-state index contributed by atoms with van der Waals surface area (Å²) in [6.45, 7) is 0.489.